The van der Waals surface area contributed by atoms with E-state index in [1.165, 1.54) is 11.3 Å². The highest BCUT2D eigenvalue weighted by atomic mass is 35.5. The summed E-state index contributed by atoms with van der Waals surface area (Å²) in [5.41, 5.74) is 1.14. The molecule has 24 heavy (non-hydrogen) atoms. The van der Waals surface area contributed by atoms with Crippen LogP contribution in [-0.4, -0.2) is 35.6 Å². The van der Waals surface area contributed by atoms with Crippen LogP contribution in [0.25, 0.3) is 15.2 Å². The third-order valence-corrected chi connectivity index (χ3v) is 5.77. The second-order valence-electron chi connectivity index (χ2n) is 5.46. The lowest BCUT2D eigenvalue weighted by Gasteiger charge is -2.28. The van der Waals surface area contributed by atoms with Gasteiger partial charge in [0, 0.05) is 26.2 Å². The Hall–Kier alpha value is -1.85. The minimum atomic E-state index is 0.126. The molecule has 122 valence electrons. The summed E-state index contributed by atoms with van der Waals surface area (Å²) >= 11 is 13.7. The van der Waals surface area contributed by atoms with Gasteiger partial charge < -0.3 is 10.2 Å². The Labute approximate surface area is 151 Å². The highest BCUT2D eigenvalue weighted by Gasteiger charge is 2.21. The second kappa shape index (κ2) is 5.90. The van der Waals surface area contributed by atoms with Crippen molar-refractivity contribution in [1.82, 2.24) is 14.7 Å². The minimum absolute atomic E-state index is 0.126. The van der Waals surface area contributed by atoms with Crippen molar-refractivity contribution in [3.05, 3.63) is 33.2 Å². The summed E-state index contributed by atoms with van der Waals surface area (Å²) in [6, 6.07) is 5.64. The standard InChI is InChI=1S/C15H12Cl2N6S/c16-9-5-11-12(6-10(9)17)24-15-21-14(22-3-1-20-2-4-22)8(7-18)13(19)23(11)15/h5-6,19-20H,1-4H2. The monoisotopic (exact) mass is 378 g/mol. The van der Waals surface area contributed by atoms with Gasteiger partial charge >= 0.3 is 0 Å². The van der Waals surface area contributed by atoms with E-state index in [1.807, 2.05) is 0 Å². The summed E-state index contributed by atoms with van der Waals surface area (Å²) in [6.45, 7) is 3.20. The van der Waals surface area contributed by atoms with Crippen LogP contribution in [0.3, 0.4) is 0 Å². The maximum atomic E-state index is 9.59. The molecule has 6 nitrogen and oxygen atoms in total. The van der Waals surface area contributed by atoms with Crippen molar-refractivity contribution < 1.29 is 0 Å². The largest absolute Gasteiger partial charge is 0.353 e. The number of benzene rings is 1. The molecule has 4 rings (SSSR count). The zero-order chi connectivity index (χ0) is 16.8. The number of nitrogens with zero attached hydrogens (tertiary/aromatic N) is 4. The van der Waals surface area contributed by atoms with Crippen molar-refractivity contribution in [2.45, 2.75) is 0 Å². The van der Waals surface area contributed by atoms with Crippen molar-refractivity contribution in [1.29, 1.82) is 10.7 Å². The molecule has 3 aromatic rings. The predicted octanol–water partition coefficient (Wildman–Crippen LogP) is 2.62. The second-order valence-corrected chi connectivity index (χ2v) is 7.29. The number of anilines is 1. The maximum Gasteiger partial charge on any atom is 0.198 e. The molecule has 0 amide bonds. The molecule has 1 saturated heterocycles. The Morgan fingerprint density at radius 2 is 1.96 bits per heavy atom. The van der Waals surface area contributed by atoms with Crippen molar-refractivity contribution in [3.63, 3.8) is 0 Å². The number of rotatable bonds is 1. The van der Waals surface area contributed by atoms with Crippen LogP contribution >= 0.6 is 34.5 Å². The van der Waals surface area contributed by atoms with Crippen LogP contribution in [0, 0.1) is 16.7 Å². The zero-order valence-electron chi connectivity index (χ0n) is 12.4. The summed E-state index contributed by atoms with van der Waals surface area (Å²) in [5.74, 6) is 0.577. The number of aromatic nitrogens is 2. The number of piperazine rings is 1. The van der Waals surface area contributed by atoms with Crippen molar-refractivity contribution in [2.24, 2.45) is 0 Å². The van der Waals surface area contributed by atoms with E-state index in [2.05, 4.69) is 21.3 Å². The van der Waals surface area contributed by atoms with Gasteiger partial charge in [-0.25, -0.2) is 4.98 Å². The van der Waals surface area contributed by atoms with Crippen LogP contribution in [0.5, 0.6) is 0 Å². The molecular formula is C15H12Cl2N6S. The topological polar surface area (TPSA) is 80.2 Å². The highest BCUT2D eigenvalue weighted by molar-refractivity contribution is 7.23. The number of hydrogen-bond donors (Lipinski definition) is 2. The molecule has 9 heteroatoms. The Bertz CT molecular complexity index is 1060. The Balaban J connectivity index is 2.05. The van der Waals surface area contributed by atoms with Gasteiger partial charge in [0.25, 0.3) is 0 Å². The predicted molar refractivity (Wildman–Crippen MR) is 96.2 cm³/mol. The zero-order valence-corrected chi connectivity index (χ0v) is 14.8. The minimum Gasteiger partial charge on any atom is -0.353 e. The average molecular weight is 379 g/mol. The van der Waals surface area contributed by atoms with Gasteiger partial charge in [-0.15, -0.1) is 0 Å². The average Bonchev–Trinajstić information content (AvgIpc) is 2.93. The summed E-state index contributed by atoms with van der Waals surface area (Å²) in [7, 11) is 0. The van der Waals surface area contributed by atoms with Crippen LogP contribution in [0.1, 0.15) is 5.56 Å². The van der Waals surface area contributed by atoms with E-state index in [-0.39, 0.29) is 11.1 Å². The Morgan fingerprint density at radius 1 is 1.25 bits per heavy atom. The van der Waals surface area contributed by atoms with Crippen molar-refractivity contribution in [2.75, 3.05) is 31.1 Å². The van der Waals surface area contributed by atoms with E-state index in [0.717, 1.165) is 36.4 Å². The highest BCUT2D eigenvalue weighted by Crippen LogP contribution is 2.33. The van der Waals surface area contributed by atoms with Crippen LogP contribution in [0.15, 0.2) is 12.1 Å². The van der Waals surface area contributed by atoms with Crippen LogP contribution in [0.4, 0.5) is 5.82 Å². The number of nitriles is 1. The fourth-order valence-electron chi connectivity index (χ4n) is 2.88. The molecule has 3 heterocycles. The number of hydrogen-bond acceptors (Lipinski definition) is 6. The molecule has 2 aromatic heterocycles. The van der Waals surface area contributed by atoms with Crippen LogP contribution < -0.4 is 15.7 Å². The van der Waals surface area contributed by atoms with Gasteiger partial charge in [-0.1, -0.05) is 34.5 Å². The molecule has 0 bridgehead atoms. The number of nitrogens with one attached hydrogen (secondary N) is 2. The normalized spacial score (nSPS) is 15.1. The van der Waals surface area contributed by atoms with Gasteiger partial charge in [0.05, 0.1) is 20.3 Å². The lowest BCUT2D eigenvalue weighted by atomic mass is 10.2. The third-order valence-electron chi connectivity index (χ3n) is 4.05. The van der Waals surface area contributed by atoms with E-state index >= 15 is 0 Å². The third kappa shape index (κ3) is 2.34. The van der Waals surface area contributed by atoms with Crippen molar-refractivity contribution in [3.8, 4) is 6.07 Å². The molecule has 0 unspecified atom stereocenters. The Kier molecular flexibility index (Phi) is 3.85. The molecule has 1 fully saturated rings. The van der Waals surface area contributed by atoms with Gasteiger partial charge in [0.2, 0.25) is 0 Å². The molecule has 1 aliphatic rings. The smallest absolute Gasteiger partial charge is 0.198 e. The number of fused-ring (bicyclic) bond motifs is 3. The van der Waals surface area contributed by atoms with Gasteiger partial charge in [0.15, 0.2) is 16.3 Å². The van der Waals surface area contributed by atoms with Gasteiger partial charge in [0.1, 0.15) is 11.6 Å². The maximum absolute atomic E-state index is 9.59. The molecule has 2 N–H and O–H groups in total. The lowest BCUT2D eigenvalue weighted by Crippen LogP contribution is -2.45. The Morgan fingerprint density at radius 3 is 2.67 bits per heavy atom. The number of halogens is 2. The summed E-state index contributed by atoms with van der Waals surface area (Å²) in [5, 5.41) is 22.3. The first kappa shape index (κ1) is 15.7. The first-order chi connectivity index (χ1) is 11.6. The van der Waals surface area contributed by atoms with Gasteiger partial charge in [-0.2, -0.15) is 5.26 Å². The SMILES string of the molecule is N#Cc1c(N2CCNCC2)nc2sc3cc(Cl)c(Cl)cc3n2c1=N. The van der Waals surface area contributed by atoms with E-state index in [9.17, 15) is 5.26 Å². The van der Waals surface area contributed by atoms with E-state index in [1.54, 1.807) is 16.5 Å². The van der Waals surface area contributed by atoms with E-state index in [4.69, 9.17) is 28.6 Å². The van der Waals surface area contributed by atoms with Crippen molar-refractivity contribution >= 4 is 55.5 Å². The van der Waals surface area contributed by atoms with Crippen LogP contribution in [0.2, 0.25) is 10.0 Å². The molecule has 1 aromatic carbocycles. The lowest BCUT2D eigenvalue weighted by molar-refractivity contribution is 0.584. The first-order valence-corrected chi connectivity index (χ1v) is 8.92. The molecule has 0 saturated carbocycles. The molecule has 0 aliphatic carbocycles. The van der Waals surface area contributed by atoms with E-state index < -0.39 is 0 Å². The number of thiazole rings is 1. The summed E-state index contributed by atoms with van der Waals surface area (Å²) in [4.78, 5) is 7.38. The molecule has 1 aliphatic heterocycles. The summed E-state index contributed by atoms with van der Waals surface area (Å²) in [6.07, 6.45) is 0. The fraction of sp³-hybridized carbons (Fsp3) is 0.267. The van der Waals surface area contributed by atoms with E-state index in [0.29, 0.717) is 20.8 Å². The summed E-state index contributed by atoms with van der Waals surface area (Å²) < 4.78 is 2.54. The van der Waals surface area contributed by atoms with Gasteiger partial charge in [-0.3, -0.25) is 9.81 Å². The quantitative estimate of drug-likeness (QED) is 0.681. The first-order valence-electron chi connectivity index (χ1n) is 7.35. The molecule has 0 atom stereocenters. The molecule has 0 spiro atoms. The molecule has 0 radical (unpaired) electrons. The van der Waals surface area contributed by atoms with Gasteiger partial charge in [-0.05, 0) is 12.1 Å². The van der Waals surface area contributed by atoms with Crippen LogP contribution in [-0.2, 0) is 0 Å². The molecular weight excluding hydrogens is 367 g/mol. The fourth-order valence-corrected chi connectivity index (χ4v) is 4.31.